The summed E-state index contributed by atoms with van der Waals surface area (Å²) in [6.45, 7) is 2.17. The van der Waals surface area contributed by atoms with Gasteiger partial charge in [-0.1, -0.05) is 49.4 Å². The fourth-order valence-corrected chi connectivity index (χ4v) is 3.46. The average molecular weight is 413 g/mol. The maximum absolute atomic E-state index is 12.4. The lowest BCUT2D eigenvalue weighted by molar-refractivity contribution is 0.102. The molecule has 6 nitrogen and oxygen atoms in total. The summed E-state index contributed by atoms with van der Waals surface area (Å²) < 4.78 is 16.2. The quantitative estimate of drug-likeness (QED) is 0.340. The molecule has 0 amide bonds. The molecule has 3 aromatic rings. The number of benzene rings is 2. The minimum Gasteiger partial charge on any atom is -0.493 e. The Bertz CT molecular complexity index is 954. The summed E-state index contributed by atoms with van der Waals surface area (Å²) in [5.74, 6) is 1.83. The van der Waals surface area contributed by atoms with E-state index in [9.17, 15) is 4.79 Å². The fourth-order valence-electron chi connectivity index (χ4n) is 2.80. The molecule has 0 aliphatic rings. The zero-order chi connectivity index (χ0) is 20.6. The molecule has 0 unspecified atom stereocenters. The predicted molar refractivity (Wildman–Crippen MR) is 113 cm³/mol. The van der Waals surface area contributed by atoms with Crippen LogP contribution in [0.25, 0.3) is 11.5 Å². The van der Waals surface area contributed by atoms with E-state index in [4.69, 9.17) is 13.9 Å². The molecular formula is C22H24N2O4S. The van der Waals surface area contributed by atoms with E-state index in [0.717, 1.165) is 24.8 Å². The van der Waals surface area contributed by atoms with Gasteiger partial charge in [-0.15, -0.1) is 10.2 Å². The monoisotopic (exact) mass is 412 g/mol. The predicted octanol–water partition coefficient (Wildman–Crippen LogP) is 5.07. The van der Waals surface area contributed by atoms with Crippen molar-refractivity contribution in [1.82, 2.24) is 10.2 Å². The Morgan fingerprint density at radius 1 is 1.03 bits per heavy atom. The van der Waals surface area contributed by atoms with Crippen LogP contribution in [-0.2, 0) is 6.42 Å². The highest BCUT2D eigenvalue weighted by atomic mass is 32.2. The molecule has 0 saturated carbocycles. The van der Waals surface area contributed by atoms with E-state index in [0.29, 0.717) is 28.2 Å². The molecule has 0 aliphatic heterocycles. The molecule has 1 heterocycles. The van der Waals surface area contributed by atoms with E-state index in [-0.39, 0.29) is 11.5 Å². The van der Waals surface area contributed by atoms with Crippen LogP contribution in [0.2, 0.25) is 0 Å². The van der Waals surface area contributed by atoms with Crippen molar-refractivity contribution in [3.05, 3.63) is 53.6 Å². The Morgan fingerprint density at radius 2 is 1.79 bits per heavy atom. The van der Waals surface area contributed by atoms with Crippen LogP contribution in [-0.4, -0.2) is 36.0 Å². The molecule has 0 saturated heterocycles. The third-order valence-electron chi connectivity index (χ3n) is 4.46. The van der Waals surface area contributed by atoms with Crippen LogP contribution in [0.3, 0.4) is 0 Å². The fraction of sp³-hybridized carbons (Fsp3) is 0.318. The number of Topliss-reactive ketones (excluding diaryl/α,β-unsaturated/α-hetero) is 1. The van der Waals surface area contributed by atoms with Crippen molar-refractivity contribution in [1.29, 1.82) is 0 Å². The number of carbonyl (C=O) groups is 1. The molecule has 0 radical (unpaired) electrons. The second kappa shape index (κ2) is 10.1. The maximum Gasteiger partial charge on any atom is 0.277 e. The van der Waals surface area contributed by atoms with Crippen LogP contribution in [0.4, 0.5) is 0 Å². The highest BCUT2D eigenvalue weighted by molar-refractivity contribution is 7.99. The molecule has 0 aliphatic carbocycles. The Labute approximate surface area is 174 Å². The van der Waals surface area contributed by atoms with E-state index < -0.39 is 0 Å². The lowest BCUT2D eigenvalue weighted by atomic mass is 10.1. The second-order valence-corrected chi connectivity index (χ2v) is 7.38. The van der Waals surface area contributed by atoms with Gasteiger partial charge in [0.2, 0.25) is 5.89 Å². The van der Waals surface area contributed by atoms with E-state index in [1.165, 1.54) is 17.3 Å². The first kappa shape index (κ1) is 20.9. The van der Waals surface area contributed by atoms with Gasteiger partial charge in [0.15, 0.2) is 17.3 Å². The molecular weight excluding hydrogens is 388 g/mol. The minimum atomic E-state index is 0.0305. The normalized spacial score (nSPS) is 10.7. The molecule has 0 N–H and O–H groups in total. The van der Waals surface area contributed by atoms with Crippen molar-refractivity contribution >= 4 is 17.5 Å². The van der Waals surface area contributed by atoms with Crippen molar-refractivity contribution in [3.8, 4) is 23.0 Å². The number of nitrogens with zero attached hydrogens (tertiary/aromatic N) is 2. The molecule has 1 aromatic heterocycles. The average Bonchev–Trinajstić information content (AvgIpc) is 3.25. The molecule has 2 aromatic carbocycles. The number of unbranched alkanes of at least 4 members (excludes halogenated alkanes) is 1. The first-order valence-electron chi connectivity index (χ1n) is 9.45. The molecule has 0 bridgehead atoms. The third kappa shape index (κ3) is 5.38. The van der Waals surface area contributed by atoms with Crippen molar-refractivity contribution in [3.63, 3.8) is 0 Å². The Balaban J connectivity index is 1.61. The summed E-state index contributed by atoms with van der Waals surface area (Å²) in [4.78, 5) is 12.4. The van der Waals surface area contributed by atoms with Gasteiger partial charge in [0.05, 0.1) is 20.0 Å². The number of thioether (sulfide) groups is 1. The van der Waals surface area contributed by atoms with Crippen LogP contribution in [0.1, 0.15) is 35.7 Å². The topological polar surface area (TPSA) is 74.5 Å². The standard InChI is InChI=1S/C22H24N2O4S/c1-4-5-6-15-7-9-16(10-8-15)18(25)14-29-22-24-23-21(28-22)17-11-12-19(26-2)20(13-17)27-3/h7-13H,4-6,14H2,1-3H3. The second-order valence-electron chi connectivity index (χ2n) is 6.46. The zero-order valence-corrected chi connectivity index (χ0v) is 17.6. The number of rotatable bonds is 10. The summed E-state index contributed by atoms with van der Waals surface area (Å²) in [5.41, 5.74) is 2.67. The molecule has 29 heavy (non-hydrogen) atoms. The first-order chi connectivity index (χ1) is 14.1. The van der Waals surface area contributed by atoms with Gasteiger partial charge in [0.1, 0.15) is 0 Å². The minimum absolute atomic E-state index is 0.0305. The van der Waals surface area contributed by atoms with E-state index >= 15 is 0 Å². The van der Waals surface area contributed by atoms with Crippen LogP contribution in [0.15, 0.2) is 52.1 Å². The van der Waals surface area contributed by atoms with Crippen LogP contribution in [0.5, 0.6) is 11.5 Å². The molecule has 3 rings (SSSR count). The van der Waals surface area contributed by atoms with Crippen molar-refractivity contribution in [2.45, 2.75) is 31.4 Å². The highest BCUT2D eigenvalue weighted by Crippen LogP contribution is 2.32. The summed E-state index contributed by atoms with van der Waals surface area (Å²) >= 11 is 1.23. The van der Waals surface area contributed by atoms with Gasteiger partial charge in [0.25, 0.3) is 5.22 Å². The van der Waals surface area contributed by atoms with Crippen LogP contribution < -0.4 is 9.47 Å². The lowest BCUT2D eigenvalue weighted by Gasteiger charge is -2.07. The zero-order valence-electron chi connectivity index (χ0n) is 16.8. The first-order valence-corrected chi connectivity index (χ1v) is 10.4. The Hall–Kier alpha value is -2.80. The van der Waals surface area contributed by atoms with Gasteiger partial charge in [-0.3, -0.25) is 4.79 Å². The molecule has 152 valence electrons. The van der Waals surface area contributed by atoms with E-state index in [1.54, 1.807) is 26.4 Å². The smallest absolute Gasteiger partial charge is 0.277 e. The van der Waals surface area contributed by atoms with Crippen molar-refractivity contribution in [2.75, 3.05) is 20.0 Å². The molecule has 0 atom stereocenters. The maximum atomic E-state index is 12.4. The summed E-state index contributed by atoms with van der Waals surface area (Å²) in [6.07, 6.45) is 3.36. The van der Waals surface area contributed by atoms with E-state index in [1.807, 2.05) is 30.3 Å². The highest BCUT2D eigenvalue weighted by Gasteiger charge is 2.14. The number of aromatic nitrogens is 2. The van der Waals surface area contributed by atoms with Gasteiger partial charge in [0, 0.05) is 11.1 Å². The van der Waals surface area contributed by atoms with Crippen molar-refractivity contribution in [2.24, 2.45) is 0 Å². The van der Waals surface area contributed by atoms with Gasteiger partial charge >= 0.3 is 0 Å². The van der Waals surface area contributed by atoms with E-state index in [2.05, 4.69) is 17.1 Å². The van der Waals surface area contributed by atoms with Gasteiger partial charge in [-0.05, 0) is 36.6 Å². The van der Waals surface area contributed by atoms with Gasteiger partial charge in [-0.25, -0.2) is 0 Å². The number of carbonyl (C=O) groups excluding carboxylic acids is 1. The molecule has 0 spiro atoms. The lowest BCUT2D eigenvalue weighted by Crippen LogP contribution is -2.02. The number of aryl methyl sites for hydroxylation is 1. The van der Waals surface area contributed by atoms with Crippen LogP contribution in [0, 0.1) is 0 Å². The van der Waals surface area contributed by atoms with Gasteiger partial charge in [-0.2, -0.15) is 0 Å². The number of ketones is 1. The van der Waals surface area contributed by atoms with Crippen LogP contribution >= 0.6 is 11.8 Å². The third-order valence-corrected chi connectivity index (χ3v) is 5.28. The Morgan fingerprint density at radius 3 is 2.48 bits per heavy atom. The number of hydrogen-bond acceptors (Lipinski definition) is 7. The van der Waals surface area contributed by atoms with Gasteiger partial charge < -0.3 is 13.9 Å². The number of ether oxygens (including phenoxy) is 2. The largest absolute Gasteiger partial charge is 0.493 e. The Kier molecular flexibility index (Phi) is 7.30. The summed E-state index contributed by atoms with van der Waals surface area (Å²) in [6, 6.07) is 13.2. The number of hydrogen-bond donors (Lipinski definition) is 0. The molecule has 0 fully saturated rings. The number of methoxy groups -OCH3 is 2. The molecule has 7 heteroatoms. The summed E-state index contributed by atoms with van der Waals surface area (Å²) in [7, 11) is 3.15. The SMILES string of the molecule is CCCCc1ccc(C(=O)CSc2nnc(-c3ccc(OC)c(OC)c3)o2)cc1. The van der Waals surface area contributed by atoms with Crippen molar-refractivity contribution < 1.29 is 18.7 Å². The summed E-state index contributed by atoms with van der Waals surface area (Å²) in [5, 5.41) is 8.44.